The molecule has 2 heterocycles. The standard InChI is InChI=1S/C26H26N2.C20H19NO2.C17H21NS2.C16H8F6O4S.C14H14O3.C13H13NO2/c1-18-15-19(2)26(20(3)16-18)28(4)17-22-11-8-14-25(27-22)24-13-7-10-21-9-5-6-12-23(21)24;1-15-8-2-6-12-19(15)23-20-13-7-4-10-17(20)21-14-16-9-3-5-11-18(16)22;1-14-8-10-15(11-9-14)20-17-7-4-3-6-16(17)18-12-5-13-19-2;17-15(18,19)7-1-3-11(9(5-7)13(23)24)27-12-4-2-8(16(20,21)22)6-10(12)14(25)26;15-9-11-5-1-3-7-13(11)17-14-8-4-2-6-12(14)10-16;1-16-12-8-3-2-6-10(12)13(15)11-7-4-5-9-14-11/h5-16H,17H2,1-4H3;2-13,21-22H,14H2,1H3;3-4,6-11,18H,5,12-13H2,1-2H3;1-6H,(H,23,24)(H,25,26);1-8,15-16H,9-10H2;2-9,13,15H,1H3. The van der Waals surface area contributed by atoms with Gasteiger partial charge in [-0.3, -0.25) is 9.97 Å². The third-order valence-electron chi connectivity index (χ3n) is 20.1. The van der Waals surface area contributed by atoms with Gasteiger partial charge in [-0.25, -0.2) is 9.59 Å². The van der Waals surface area contributed by atoms with Crippen LogP contribution in [0, 0.1) is 34.6 Å². The molecule has 0 radical (unpaired) electrons. The number of nitrogens with one attached hydrogen (secondary N) is 2. The van der Waals surface area contributed by atoms with E-state index in [-0.39, 0.29) is 28.8 Å². The number of ether oxygens (including phenoxy) is 3. The van der Waals surface area contributed by atoms with Crippen LogP contribution < -0.4 is 29.7 Å². The van der Waals surface area contributed by atoms with Gasteiger partial charge in [0.2, 0.25) is 0 Å². The molecule has 15 rings (SSSR count). The number of thioether (sulfide) groups is 1. The maximum Gasteiger partial charge on any atom is 0.416 e. The molecule has 8 N–H and O–H groups in total. The van der Waals surface area contributed by atoms with Gasteiger partial charge in [0.1, 0.15) is 34.9 Å². The van der Waals surface area contributed by atoms with Crippen molar-refractivity contribution in [3.05, 3.63) is 411 Å². The van der Waals surface area contributed by atoms with E-state index in [2.05, 4.69) is 183 Å². The van der Waals surface area contributed by atoms with Crippen LogP contribution in [-0.4, -0.2) is 85.3 Å². The van der Waals surface area contributed by atoms with Crippen LogP contribution >= 0.6 is 35.3 Å². The van der Waals surface area contributed by atoms with Gasteiger partial charge in [-0.05, 0) is 208 Å². The van der Waals surface area contributed by atoms with E-state index in [1.807, 2.05) is 158 Å². The lowest BCUT2D eigenvalue weighted by Gasteiger charge is -2.24. The van der Waals surface area contributed by atoms with Crippen molar-refractivity contribution < 1.29 is 80.8 Å². The Bertz CT molecular complexity index is 6110. The van der Waals surface area contributed by atoms with Gasteiger partial charge in [0.15, 0.2) is 5.75 Å². The second-order valence-electron chi connectivity index (χ2n) is 29.8. The predicted octanol–water partition coefficient (Wildman–Crippen LogP) is 26.8. The Labute approximate surface area is 771 Å². The number of para-hydroxylation sites is 8. The molecule has 0 aliphatic carbocycles. The molecule has 25 heteroatoms. The van der Waals surface area contributed by atoms with Crippen molar-refractivity contribution in [2.24, 2.45) is 0 Å². The number of alkyl halides is 6. The minimum atomic E-state index is -4.80. The first kappa shape index (κ1) is 99.6. The summed E-state index contributed by atoms with van der Waals surface area (Å²) < 4.78 is 93.3. The molecule has 13 aromatic carbocycles. The molecule has 1 unspecified atom stereocenters. The van der Waals surface area contributed by atoms with Crippen LogP contribution in [0.15, 0.2) is 347 Å². The highest BCUT2D eigenvalue weighted by Crippen LogP contribution is 2.42. The Kier molecular flexibility index (Phi) is 37.5. The van der Waals surface area contributed by atoms with Gasteiger partial charge < -0.3 is 60.4 Å². The highest BCUT2D eigenvalue weighted by atomic mass is 32.2. The molecule has 0 fully saturated rings. The number of aryl methyl sites for hydroxylation is 5. The molecule has 0 aliphatic heterocycles. The number of carboxylic acids is 2. The van der Waals surface area contributed by atoms with Gasteiger partial charge in [-0.1, -0.05) is 229 Å². The van der Waals surface area contributed by atoms with Gasteiger partial charge in [-0.15, -0.1) is 0 Å². The number of rotatable bonds is 27. The first-order valence-electron chi connectivity index (χ1n) is 41.5. The van der Waals surface area contributed by atoms with Crippen LogP contribution in [0.3, 0.4) is 0 Å². The molecule has 676 valence electrons. The summed E-state index contributed by atoms with van der Waals surface area (Å²) in [7, 11) is 3.74. The number of aromatic carboxylic acids is 2. The lowest BCUT2D eigenvalue weighted by atomic mass is 10.0. The van der Waals surface area contributed by atoms with Crippen molar-refractivity contribution in [1.29, 1.82) is 0 Å². The van der Waals surface area contributed by atoms with Gasteiger partial charge >= 0.3 is 24.3 Å². The van der Waals surface area contributed by atoms with Gasteiger partial charge in [0.25, 0.3) is 0 Å². The number of hydrogen-bond acceptors (Lipinski definition) is 17. The number of benzene rings is 13. The second-order valence-corrected chi connectivity index (χ2v) is 33.0. The molecule has 0 amide bonds. The zero-order valence-electron chi connectivity index (χ0n) is 73.3. The fourth-order valence-electron chi connectivity index (χ4n) is 13.7. The van der Waals surface area contributed by atoms with Crippen molar-refractivity contribution in [3.8, 4) is 45.8 Å². The molecular formula is C106H101F6N5O11S3. The van der Waals surface area contributed by atoms with Crippen LogP contribution in [0.1, 0.15) is 106 Å². The number of phenolic OH excluding ortho intramolecular Hbond substituents is 1. The van der Waals surface area contributed by atoms with E-state index in [4.69, 9.17) is 29.4 Å². The normalized spacial score (nSPS) is 11.1. The number of aromatic hydroxyl groups is 1. The zero-order valence-corrected chi connectivity index (χ0v) is 75.7. The van der Waals surface area contributed by atoms with E-state index in [9.17, 15) is 56.4 Å². The number of carboxylic acid groups (broad SMARTS) is 2. The van der Waals surface area contributed by atoms with Crippen LogP contribution in [0.5, 0.6) is 34.5 Å². The smallest absolute Gasteiger partial charge is 0.416 e. The van der Waals surface area contributed by atoms with E-state index in [1.54, 1.807) is 49.7 Å². The summed E-state index contributed by atoms with van der Waals surface area (Å²) in [6, 6.07) is 97.0. The summed E-state index contributed by atoms with van der Waals surface area (Å²) in [5, 5.41) is 66.0. The monoisotopic (exact) mass is 1830 g/mol. The summed E-state index contributed by atoms with van der Waals surface area (Å²) in [6.07, 6.45) is -5.33. The number of aliphatic hydroxyl groups excluding tert-OH is 3. The number of aromatic nitrogens is 2. The zero-order chi connectivity index (χ0) is 94.0. The van der Waals surface area contributed by atoms with Crippen molar-refractivity contribution in [2.45, 2.75) is 105 Å². The van der Waals surface area contributed by atoms with Gasteiger partial charge in [-0.2, -0.15) is 38.1 Å². The molecule has 16 nitrogen and oxygen atoms in total. The summed E-state index contributed by atoms with van der Waals surface area (Å²) in [5.74, 6) is 1.58. The molecule has 0 saturated heterocycles. The number of methoxy groups -OCH3 is 1. The Morgan fingerprint density at radius 2 is 1.01 bits per heavy atom. The summed E-state index contributed by atoms with van der Waals surface area (Å²) in [5.41, 5.74) is 12.7. The minimum absolute atomic E-state index is 0.0720. The average molecular weight is 1830 g/mol. The van der Waals surface area contributed by atoms with Crippen molar-refractivity contribution in [1.82, 2.24) is 9.97 Å². The molecule has 0 spiro atoms. The number of carbonyl (C=O) groups is 2. The second kappa shape index (κ2) is 49.3. The van der Waals surface area contributed by atoms with E-state index in [1.165, 1.54) is 71.9 Å². The minimum Gasteiger partial charge on any atom is -0.508 e. The third kappa shape index (κ3) is 29.5. The molecule has 15 aromatic rings. The van der Waals surface area contributed by atoms with E-state index >= 15 is 0 Å². The highest BCUT2D eigenvalue weighted by Gasteiger charge is 2.34. The van der Waals surface area contributed by atoms with E-state index in [0.29, 0.717) is 65.5 Å². The highest BCUT2D eigenvalue weighted by molar-refractivity contribution is 7.99. The first-order chi connectivity index (χ1) is 63.0. The molecule has 0 saturated carbocycles. The quantitative estimate of drug-likeness (QED) is 0.0176. The molecule has 1 atom stereocenters. The van der Waals surface area contributed by atoms with Crippen molar-refractivity contribution in [2.75, 3.05) is 48.2 Å². The molecule has 0 bridgehead atoms. The van der Waals surface area contributed by atoms with Crippen LogP contribution in [0.4, 0.5) is 43.4 Å². The number of fused-ring (bicyclic) bond motifs is 1. The number of anilines is 3. The Morgan fingerprint density at radius 3 is 1.59 bits per heavy atom. The number of hydrogen-bond donors (Lipinski definition) is 8. The van der Waals surface area contributed by atoms with Crippen molar-refractivity contribution in [3.63, 3.8) is 0 Å². The molecule has 0 aliphatic rings. The lowest BCUT2D eigenvalue weighted by Crippen LogP contribution is -2.19. The number of nitrogens with zero attached hydrogens (tertiary/aromatic N) is 3. The Hall–Kier alpha value is -13.5. The Balaban J connectivity index is 0.000000165. The largest absolute Gasteiger partial charge is 0.508 e. The lowest BCUT2D eigenvalue weighted by molar-refractivity contribution is -0.138. The van der Waals surface area contributed by atoms with Gasteiger partial charge in [0, 0.05) is 85.1 Å². The topological polar surface area (TPSA) is 236 Å². The fraction of sp³-hybridized carbons (Fsp3) is 0.170. The van der Waals surface area contributed by atoms with Crippen LogP contribution in [-0.2, 0) is 38.7 Å². The van der Waals surface area contributed by atoms with E-state index in [0.717, 1.165) is 81.6 Å². The number of phenols is 1. The van der Waals surface area contributed by atoms with Gasteiger partial charge in [0.05, 0.1) is 71.9 Å². The molecule has 131 heavy (non-hydrogen) atoms. The fourth-order valence-corrected chi connectivity index (χ4v) is 16.1. The average Bonchev–Trinajstić information content (AvgIpc) is 0.791. The van der Waals surface area contributed by atoms with Crippen molar-refractivity contribution >= 4 is 75.1 Å². The third-order valence-corrected chi connectivity index (χ3v) is 23.1. The maximum absolute atomic E-state index is 12.7. The molecule has 2 aromatic heterocycles. The summed E-state index contributed by atoms with van der Waals surface area (Å²) >= 11 is 4.16. The van der Waals surface area contributed by atoms with Crippen LogP contribution in [0.2, 0.25) is 0 Å². The summed E-state index contributed by atoms with van der Waals surface area (Å²) in [6.45, 7) is 12.9. The number of pyridine rings is 2. The predicted molar refractivity (Wildman–Crippen MR) is 513 cm³/mol. The maximum atomic E-state index is 12.7. The SMILES string of the molecule is COc1ccccc1C(O)c1ccccn1.CSCCCNc1ccccc1Sc1ccc(C)cc1.Cc1cc(C)c(N(C)Cc2cccc(-c3cccc4ccccc34)n2)c(C)c1.Cc1ccccc1Oc1ccccc1NCc1ccccc1O.O=C(O)c1cc(C(F)(F)F)ccc1Sc1ccc(C(F)(F)F)cc1C(=O)O.OCc1ccccc1Oc1ccccc1CO. The molecular weight excluding hydrogens is 1730 g/mol. The van der Waals surface area contributed by atoms with Crippen LogP contribution in [0.25, 0.3) is 22.0 Å². The summed E-state index contributed by atoms with van der Waals surface area (Å²) in [4.78, 5) is 36.0. The number of halogens is 6. The Morgan fingerprint density at radius 1 is 0.489 bits per heavy atom. The van der Waals surface area contributed by atoms with E-state index < -0.39 is 52.6 Å². The number of aliphatic hydroxyl groups is 3. The first-order valence-corrected chi connectivity index (χ1v) is 44.5.